The first kappa shape index (κ1) is 16.9. The lowest BCUT2D eigenvalue weighted by Gasteiger charge is -2.10. The molecule has 0 aliphatic rings. The van der Waals surface area contributed by atoms with E-state index in [0.29, 0.717) is 22.8 Å². The van der Waals surface area contributed by atoms with Crippen molar-refractivity contribution in [1.29, 1.82) is 0 Å². The van der Waals surface area contributed by atoms with Crippen LogP contribution in [0.1, 0.15) is 11.4 Å². The van der Waals surface area contributed by atoms with Crippen LogP contribution in [0.25, 0.3) is 22.6 Å². The van der Waals surface area contributed by atoms with E-state index in [1.165, 1.54) is 6.26 Å². The summed E-state index contributed by atoms with van der Waals surface area (Å²) in [6, 6.07) is 7.79. The van der Waals surface area contributed by atoms with Gasteiger partial charge in [-0.2, -0.15) is 0 Å². The molecule has 0 N–H and O–H groups in total. The summed E-state index contributed by atoms with van der Waals surface area (Å²) in [6.07, 6.45) is 1.22. The molecule has 3 aromatic rings. The zero-order chi connectivity index (χ0) is 17.5. The van der Waals surface area contributed by atoms with Gasteiger partial charge in [-0.15, -0.1) is 0 Å². The minimum Gasteiger partial charge on any atom is -0.307 e. The Morgan fingerprint density at radius 3 is 2.50 bits per heavy atom. The first-order valence-corrected chi connectivity index (χ1v) is 9.84. The highest BCUT2D eigenvalue weighted by molar-refractivity contribution is 7.90. The molecule has 0 saturated carbocycles. The van der Waals surface area contributed by atoms with Gasteiger partial charge in [0.2, 0.25) is 0 Å². The van der Waals surface area contributed by atoms with E-state index in [1.807, 2.05) is 31.2 Å². The SMILES string of the molecule is Cc1nc(Cl)c2nc(-c3ccccc3C)n(CCS(C)(=O)=O)c2n1. The summed E-state index contributed by atoms with van der Waals surface area (Å²) >= 11 is 6.22. The zero-order valence-corrected chi connectivity index (χ0v) is 15.2. The van der Waals surface area contributed by atoms with Crippen LogP contribution in [-0.4, -0.2) is 39.9 Å². The molecule has 0 fully saturated rings. The van der Waals surface area contributed by atoms with Crippen molar-refractivity contribution in [3.05, 3.63) is 40.8 Å². The molecule has 0 saturated heterocycles. The summed E-state index contributed by atoms with van der Waals surface area (Å²) in [5, 5.41) is 0.269. The molecule has 24 heavy (non-hydrogen) atoms. The molecule has 0 bridgehead atoms. The molecule has 0 radical (unpaired) electrons. The Kier molecular flexibility index (Phi) is 4.31. The molecular formula is C16H17ClN4O2S. The predicted octanol–water partition coefficient (Wildman–Crippen LogP) is 2.81. The van der Waals surface area contributed by atoms with Gasteiger partial charge in [0, 0.05) is 18.4 Å². The second kappa shape index (κ2) is 6.14. The minimum absolute atomic E-state index is 0.00197. The van der Waals surface area contributed by atoms with Crippen LogP contribution in [0.4, 0.5) is 0 Å². The Balaban J connectivity index is 2.27. The molecule has 0 unspecified atom stereocenters. The fraction of sp³-hybridized carbons (Fsp3) is 0.312. The van der Waals surface area contributed by atoms with Gasteiger partial charge < -0.3 is 4.57 Å². The maximum absolute atomic E-state index is 11.6. The molecule has 3 rings (SSSR count). The van der Waals surface area contributed by atoms with E-state index in [9.17, 15) is 8.42 Å². The first-order chi connectivity index (χ1) is 11.3. The Bertz CT molecular complexity index is 1030. The lowest BCUT2D eigenvalue weighted by atomic mass is 10.1. The van der Waals surface area contributed by atoms with Gasteiger partial charge in [-0.3, -0.25) is 0 Å². The molecule has 0 aliphatic carbocycles. The number of rotatable bonds is 4. The van der Waals surface area contributed by atoms with Gasteiger partial charge in [0.05, 0.1) is 5.75 Å². The Hall–Kier alpha value is -1.99. The number of aromatic nitrogens is 4. The fourth-order valence-electron chi connectivity index (χ4n) is 2.57. The van der Waals surface area contributed by atoms with Gasteiger partial charge in [-0.25, -0.2) is 23.4 Å². The normalized spacial score (nSPS) is 12.0. The number of fused-ring (bicyclic) bond motifs is 1. The summed E-state index contributed by atoms with van der Waals surface area (Å²) < 4.78 is 25.0. The maximum Gasteiger partial charge on any atom is 0.165 e. The van der Waals surface area contributed by atoms with Crippen LogP contribution in [0.15, 0.2) is 24.3 Å². The van der Waals surface area contributed by atoms with Crippen molar-refractivity contribution in [2.75, 3.05) is 12.0 Å². The van der Waals surface area contributed by atoms with E-state index < -0.39 is 9.84 Å². The van der Waals surface area contributed by atoms with Gasteiger partial charge >= 0.3 is 0 Å². The monoisotopic (exact) mass is 364 g/mol. The summed E-state index contributed by atoms with van der Waals surface area (Å²) in [6.45, 7) is 3.98. The van der Waals surface area contributed by atoms with E-state index in [4.69, 9.17) is 11.6 Å². The molecule has 2 aromatic heterocycles. The van der Waals surface area contributed by atoms with Crippen LogP contribution < -0.4 is 0 Å². The third kappa shape index (κ3) is 3.27. The zero-order valence-electron chi connectivity index (χ0n) is 13.6. The highest BCUT2D eigenvalue weighted by Crippen LogP contribution is 2.29. The number of hydrogen-bond donors (Lipinski definition) is 0. The van der Waals surface area contributed by atoms with Crippen molar-refractivity contribution in [3.63, 3.8) is 0 Å². The summed E-state index contributed by atoms with van der Waals surface area (Å²) in [4.78, 5) is 13.2. The second-order valence-electron chi connectivity index (χ2n) is 5.77. The van der Waals surface area contributed by atoms with Gasteiger partial charge in [-0.05, 0) is 19.4 Å². The number of nitrogens with zero attached hydrogens (tertiary/aromatic N) is 4. The van der Waals surface area contributed by atoms with Gasteiger partial charge in [-0.1, -0.05) is 35.9 Å². The number of imidazole rings is 1. The van der Waals surface area contributed by atoms with Gasteiger partial charge in [0.25, 0.3) is 0 Å². The summed E-state index contributed by atoms with van der Waals surface area (Å²) in [7, 11) is -3.12. The van der Waals surface area contributed by atoms with Crippen LogP contribution in [0.3, 0.4) is 0 Å². The van der Waals surface area contributed by atoms with E-state index >= 15 is 0 Å². The lowest BCUT2D eigenvalue weighted by molar-refractivity contribution is 0.596. The van der Waals surface area contributed by atoms with Crippen molar-refractivity contribution in [1.82, 2.24) is 19.5 Å². The Morgan fingerprint density at radius 2 is 1.83 bits per heavy atom. The molecule has 0 aliphatic heterocycles. The number of benzene rings is 1. The van der Waals surface area contributed by atoms with Crippen LogP contribution in [0.2, 0.25) is 5.15 Å². The third-order valence-corrected chi connectivity index (χ3v) is 4.92. The Labute approximate surface area is 145 Å². The summed E-state index contributed by atoms with van der Waals surface area (Å²) in [5.74, 6) is 1.16. The maximum atomic E-state index is 11.6. The van der Waals surface area contributed by atoms with Crippen molar-refractivity contribution in [2.24, 2.45) is 0 Å². The summed E-state index contributed by atoms with van der Waals surface area (Å²) in [5.41, 5.74) is 2.98. The fourth-order valence-corrected chi connectivity index (χ4v) is 3.33. The molecule has 2 heterocycles. The van der Waals surface area contributed by atoms with E-state index in [1.54, 1.807) is 11.5 Å². The van der Waals surface area contributed by atoms with Crippen molar-refractivity contribution >= 4 is 32.6 Å². The third-order valence-electron chi connectivity index (χ3n) is 3.74. The van der Waals surface area contributed by atoms with Crippen molar-refractivity contribution in [2.45, 2.75) is 20.4 Å². The van der Waals surface area contributed by atoms with Crippen molar-refractivity contribution in [3.8, 4) is 11.4 Å². The molecule has 8 heteroatoms. The number of aryl methyl sites for hydroxylation is 3. The first-order valence-electron chi connectivity index (χ1n) is 7.40. The van der Waals surface area contributed by atoms with Crippen molar-refractivity contribution < 1.29 is 8.42 Å². The Morgan fingerprint density at radius 1 is 1.12 bits per heavy atom. The predicted molar refractivity (Wildman–Crippen MR) is 95.0 cm³/mol. The van der Waals surface area contributed by atoms with Crippen LogP contribution in [0, 0.1) is 13.8 Å². The smallest absolute Gasteiger partial charge is 0.165 e. The highest BCUT2D eigenvalue weighted by atomic mass is 35.5. The van der Waals surface area contributed by atoms with Gasteiger partial charge in [0.15, 0.2) is 10.8 Å². The van der Waals surface area contributed by atoms with Gasteiger partial charge in [0.1, 0.15) is 27.0 Å². The molecule has 6 nitrogen and oxygen atoms in total. The molecule has 1 aromatic carbocycles. The molecule has 0 spiro atoms. The molecule has 0 amide bonds. The van der Waals surface area contributed by atoms with Crippen LogP contribution >= 0.6 is 11.6 Å². The number of hydrogen-bond acceptors (Lipinski definition) is 5. The topological polar surface area (TPSA) is 77.7 Å². The molecule has 0 atom stereocenters. The number of sulfone groups is 1. The van der Waals surface area contributed by atoms with Crippen LogP contribution in [-0.2, 0) is 16.4 Å². The van der Waals surface area contributed by atoms with E-state index in [-0.39, 0.29) is 17.5 Å². The van der Waals surface area contributed by atoms with E-state index in [0.717, 1.165) is 11.1 Å². The average molecular weight is 365 g/mol. The quantitative estimate of drug-likeness (QED) is 0.665. The molecular weight excluding hydrogens is 348 g/mol. The number of halogens is 1. The van der Waals surface area contributed by atoms with Crippen LogP contribution in [0.5, 0.6) is 0 Å². The largest absolute Gasteiger partial charge is 0.307 e. The molecule has 126 valence electrons. The highest BCUT2D eigenvalue weighted by Gasteiger charge is 2.19. The standard InChI is InChI=1S/C16H17ClN4O2S/c1-10-6-4-5-7-12(10)15-20-13-14(17)18-11(2)19-16(13)21(15)8-9-24(3,22)23/h4-7H,8-9H2,1-3H3. The van der Waals surface area contributed by atoms with E-state index in [2.05, 4.69) is 15.0 Å². The minimum atomic E-state index is -3.12. The second-order valence-corrected chi connectivity index (χ2v) is 8.38. The lowest BCUT2D eigenvalue weighted by Crippen LogP contribution is -2.13. The average Bonchev–Trinajstić information content (AvgIpc) is 2.83.